The number of rotatable bonds is 5. The van der Waals surface area contributed by atoms with Crippen LogP contribution >= 0.6 is 15.9 Å². The Morgan fingerprint density at radius 2 is 2.20 bits per heavy atom. The summed E-state index contributed by atoms with van der Waals surface area (Å²) < 4.78 is 1.15. The van der Waals surface area contributed by atoms with Gasteiger partial charge >= 0.3 is 0 Å². The molecule has 0 spiro atoms. The smallest absolute Gasteiger partial charge is 0.0317 e. The van der Waals surface area contributed by atoms with Crippen LogP contribution in [0.3, 0.4) is 0 Å². The van der Waals surface area contributed by atoms with Crippen LogP contribution in [-0.2, 0) is 0 Å². The van der Waals surface area contributed by atoms with Crippen molar-refractivity contribution in [2.24, 2.45) is 0 Å². The number of hydrogen-bond donors (Lipinski definition) is 1. The van der Waals surface area contributed by atoms with Crippen LogP contribution in [0.4, 0.5) is 0 Å². The molecule has 1 aromatic rings. The first-order chi connectivity index (χ1) is 7.15. The average molecular weight is 271 g/mol. The molecule has 1 rings (SSSR count). The minimum atomic E-state index is 0.454. The molecule has 0 aliphatic carbocycles. The quantitative estimate of drug-likeness (QED) is 0.885. The van der Waals surface area contributed by atoms with E-state index >= 15 is 0 Å². The number of halogens is 1. The van der Waals surface area contributed by atoms with Crippen molar-refractivity contribution in [3.8, 4) is 0 Å². The van der Waals surface area contributed by atoms with Crippen molar-refractivity contribution in [2.45, 2.75) is 13.0 Å². The molecule has 0 saturated carbocycles. The number of benzene rings is 1. The van der Waals surface area contributed by atoms with Gasteiger partial charge in [-0.05, 0) is 38.7 Å². The molecule has 1 atom stereocenters. The monoisotopic (exact) mass is 270 g/mol. The highest BCUT2D eigenvalue weighted by atomic mass is 79.9. The highest BCUT2D eigenvalue weighted by molar-refractivity contribution is 9.10. The minimum absolute atomic E-state index is 0.454. The Labute approximate surface area is 101 Å². The van der Waals surface area contributed by atoms with Crippen molar-refractivity contribution < 1.29 is 0 Å². The molecule has 0 bridgehead atoms. The summed E-state index contributed by atoms with van der Waals surface area (Å²) in [6.07, 6.45) is 0. The maximum atomic E-state index is 3.50. The van der Waals surface area contributed by atoms with E-state index in [0.717, 1.165) is 17.6 Å². The summed E-state index contributed by atoms with van der Waals surface area (Å²) in [5.74, 6) is 0. The van der Waals surface area contributed by atoms with Gasteiger partial charge in [0.25, 0.3) is 0 Å². The van der Waals surface area contributed by atoms with E-state index in [9.17, 15) is 0 Å². The van der Waals surface area contributed by atoms with Gasteiger partial charge in [-0.1, -0.05) is 28.1 Å². The van der Waals surface area contributed by atoms with Crippen LogP contribution in [0.15, 0.2) is 28.7 Å². The van der Waals surface area contributed by atoms with Crippen LogP contribution in [-0.4, -0.2) is 32.1 Å². The molecule has 0 heterocycles. The van der Waals surface area contributed by atoms with E-state index in [1.165, 1.54) is 5.56 Å². The Morgan fingerprint density at radius 1 is 1.47 bits per heavy atom. The second-order valence-corrected chi connectivity index (χ2v) is 4.73. The minimum Gasteiger partial charge on any atom is -0.318 e. The summed E-state index contributed by atoms with van der Waals surface area (Å²) in [4.78, 5) is 2.35. The van der Waals surface area contributed by atoms with E-state index in [0.29, 0.717) is 6.04 Å². The van der Waals surface area contributed by atoms with Crippen molar-refractivity contribution in [3.63, 3.8) is 0 Å². The summed E-state index contributed by atoms with van der Waals surface area (Å²) in [5, 5.41) is 3.17. The van der Waals surface area contributed by atoms with E-state index in [1.807, 2.05) is 7.05 Å². The van der Waals surface area contributed by atoms with Crippen LogP contribution in [0.1, 0.15) is 18.5 Å². The van der Waals surface area contributed by atoms with Crippen LogP contribution < -0.4 is 5.32 Å². The molecule has 0 radical (unpaired) electrons. The Balaban J connectivity index is 2.62. The molecule has 0 aliphatic rings. The maximum Gasteiger partial charge on any atom is 0.0317 e. The van der Waals surface area contributed by atoms with Gasteiger partial charge in [0.15, 0.2) is 0 Å². The van der Waals surface area contributed by atoms with Gasteiger partial charge in [0.1, 0.15) is 0 Å². The molecule has 3 heteroatoms. The normalized spacial score (nSPS) is 13.1. The van der Waals surface area contributed by atoms with E-state index in [2.05, 4.69) is 64.4 Å². The van der Waals surface area contributed by atoms with E-state index in [-0.39, 0.29) is 0 Å². The van der Waals surface area contributed by atoms with Crippen molar-refractivity contribution >= 4 is 15.9 Å². The summed E-state index contributed by atoms with van der Waals surface area (Å²) in [5.41, 5.74) is 1.35. The summed E-state index contributed by atoms with van der Waals surface area (Å²) in [6, 6.07) is 8.95. The fraction of sp³-hybridized carbons (Fsp3) is 0.500. The number of nitrogens with one attached hydrogen (secondary N) is 1. The summed E-state index contributed by atoms with van der Waals surface area (Å²) in [7, 11) is 4.14. The molecule has 2 nitrogen and oxygen atoms in total. The maximum absolute atomic E-state index is 3.50. The first-order valence-corrected chi connectivity index (χ1v) is 6.04. The van der Waals surface area contributed by atoms with Crippen molar-refractivity contribution in [1.82, 2.24) is 10.2 Å². The molecule has 0 amide bonds. The lowest BCUT2D eigenvalue weighted by Gasteiger charge is -2.25. The first kappa shape index (κ1) is 12.7. The van der Waals surface area contributed by atoms with E-state index in [4.69, 9.17) is 0 Å². The number of nitrogens with zero attached hydrogens (tertiary/aromatic N) is 1. The molecule has 1 aromatic carbocycles. The SMILES string of the molecule is CNCCN(C)C(C)c1cccc(Br)c1. The van der Waals surface area contributed by atoms with Crippen LogP contribution in [0.5, 0.6) is 0 Å². The molecule has 0 aromatic heterocycles. The highest BCUT2D eigenvalue weighted by Gasteiger charge is 2.10. The fourth-order valence-corrected chi connectivity index (χ4v) is 1.92. The fourth-order valence-electron chi connectivity index (χ4n) is 1.50. The predicted molar refractivity (Wildman–Crippen MR) is 69.1 cm³/mol. The molecule has 0 fully saturated rings. The standard InChI is InChI=1S/C12H19BrN2/c1-10(15(3)8-7-14-2)11-5-4-6-12(13)9-11/h4-6,9-10,14H,7-8H2,1-3H3. The van der Waals surface area contributed by atoms with Crippen LogP contribution in [0.25, 0.3) is 0 Å². The zero-order valence-corrected chi connectivity index (χ0v) is 11.2. The lowest BCUT2D eigenvalue weighted by Crippen LogP contribution is -2.29. The van der Waals surface area contributed by atoms with Gasteiger partial charge in [0.2, 0.25) is 0 Å². The second-order valence-electron chi connectivity index (χ2n) is 3.82. The zero-order chi connectivity index (χ0) is 11.3. The van der Waals surface area contributed by atoms with Gasteiger partial charge in [0, 0.05) is 23.6 Å². The van der Waals surface area contributed by atoms with Gasteiger partial charge in [-0.15, -0.1) is 0 Å². The third-order valence-corrected chi connectivity index (χ3v) is 3.20. The third kappa shape index (κ3) is 3.93. The summed E-state index contributed by atoms with van der Waals surface area (Å²) >= 11 is 3.50. The van der Waals surface area contributed by atoms with E-state index in [1.54, 1.807) is 0 Å². The first-order valence-electron chi connectivity index (χ1n) is 5.25. The lowest BCUT2D eigenvalue weighted by atomic mass is 10.1. The molecule has 1 N–H and O–H groups in total. The Hall–Kier alpha value is -0.380. The van der Waals surface area contributed by atoms with Crippen LogP contribution in [0, 0.1) is 0 Å². The molecule has 84 valence electrons. The Kier molecular flexibility index (Phi) is 5.29. The summed E-state index contributed by atoms with van der Waals surface area (Å²) in [6.45, 7) is 4.32. The van der Waals surface area contributed by atoms with Gasteiger partial charge in [0.05, 0.1) is 0 Å². The molecule has 15 heavy (non-hydrogen) atoms. The van der Waals surface area contributed by atoms with Gasteiger partial charge in [-0.3, -0.25) is 4.90 Å². The van der Waals surface area contributed by atoms with Crippen molar-refractivity contribution in [2.75, 3.05) is 27.2 Å². The number of hydrogen-bond acceptors (Lipinski definition) is 2. The predicted octanol–water partition coefficient (Wildman–Crippen LogP) is 2.66. The lowest BCUT2D eigenvalue weighted by molar-refractivity contribution is 0.263. The third-order valence-electron chi connectivity index (χ3n) is 2.71. The largest absolute Gasteiger partial charge is 0.318 e. The molecule has 0 saturated heterocycles. The van der Waals surface area contributed by atoms with Gasteiger partial charge in [-0.25, -0.2) is 0 Å². The van der Waals surface area contributed by atoms with E-state index < -0.39 is 0 Å². The zero-order valence-electron chi connectivity index (χ0n) is 9.63. The molecule has 0 aliphatic heterocycles. The van der Waals surface area contributed by atoms with Crippen molar-refractivity contribution in [1.29, 1.82) is 0 Å². The van der Waals surface area contributed by atoms with Gasteiger partial charge in [-0.2, -0.15) is 0 Å². The van der Waals surface area contributed by atoms with Gasteiger partial charge < -0.3 is 5.32 Å². The molecular formula is C12H19BrN2. The average Bonchev–Trinajstić information content (AvgIpc) is 2.24. The second kappa shape index (κ2) is 6.26. The molecular weight excluding hydrogens is 252 g/mol. The Morgan fingerprint density at radius 3 is 2.80 bits per heavy atom. The highest BCUT2D eigenvalue weighted by Crippen LogP contribution is 2.21. The number of likely N-dealkylation sites (N-methyl/N-ethyl adjacent to an activating group) is 2. The molecule has 1 unspecified atom stereocenters. The Bertz CT molecular complexity index is 301. The van der Waals surface area contributed by atoms with Crippen molar-refractivity contribution in [3.05, 3.63) is 34.3 Å². The topological polar surface area (TPSA) is 15.3 Å². The van der Waals surface area contributed by atoms with Crippen LogP contribution in [0.2, 0.25) is 0 Å².